The van der Waals surface area contributed by atoms with Gasteiger partial charge in [-0.15, -0.1) is 11.3 Å². The van der Waals surface area contributed by atoms with Crippen LogP contribution in [0.1, 0.15) is 19.3 Å². The molecule has 0 aliphatic heterocycles. The van der Waals surface area contributed by atoms with E-state index in [4.69, 9.17) is 11.6 Å². The van der Waals surface area contributed by atoms with Crippen LogP contribution in [0.4, 0.5) is 13.2 Å². The van der Waals surface area contributed by atoms with E-state index in [9.17, 15) is 21.6 Å². The summed E-state index contributed by atoms with van der Waals surface area (Å²) in [6.45, 7) is -0.0362. The smallest absolute Gasteiger partial charge is 0.210 e. The number of hydrogen-bond donors (Lipinski definition) is 1. The third-order valence-corrected chi connectivity index (χ3v) is 6.48. The second kappa shape index (κ2) is 6.75. The van der Waals surface area contributed by atoms with E-state index in [-0.39, 0.29) is 28.6 Å². The van der Waals surface area contributed by atoms with Gasteiger partial charge in [0.2, 0.25) is 10.0 Å². The third-order valence-electron chi connectivity index (χ3n) is 2.07. The Morgan fingerprint density at radius 1 is 1.37 bits per heavy atom. The number of rotatable bonds is 6. The zero-order valence-electron chi connectivity index (χ0n) is 9.43. The van der Waals surface area contributed by atoms with Crippen LogP contribution in [0.2, 0.25) is 5.02 Å². The summed E-state index contributed by atoms with van der Waals surface area (Å²) in [5.74, 6) is 0. The quantitative estimate of drug-likeness (QED) is 0.728. The molecule has 0 aromatic carbocycles. The zero-order valence-corrected chi connectivity index (χ0v) is 13.4. The lowest BCUT2D eigenvalue weighted by Crippen LogP contribution is -2.24. The average molecular weight is 401 g/mol. The lowest BCUT2D eigenvalue weighted by atomic mass is 10.2. The summed E-state index contributed by atoms with van der Waals surface area (Å²) in [6.07, 6.45) is -5.10. The molecule has 0 unspecified atom stereocenters. The predicted molar refractivity (Wildman–Crippen MR) is 72.1 cm³/mol. The van der Waals surface area contributed by atoms with Crippen LogP contribution < -0.4 is 4.72 Å². The molecule has 1 aromatic heterocycles. The summed E-state index contributed by atoms with van der Waals surface area (Å²) in [6, 6.07) is 1.29. The first-order valence-electron chi connectivity index (χ1n) is 5.13. The molecule has 1 N–H and O–H groups in total. The number of nitrogens with one attached hydrogen (secondary N) is 1. The van der Waals surface area contributed by atoms with E-state index < -0.39 is 22.6 Å². The second-order valence-corrected chi connectivity index (χ2v) is 8.43. The first kappa shape index (κ1) is 17.2. The number of sulfonamides is 1. The van der Waals surface area contributed by atoms with Crippen LogP contribution in [-0.4, -0.2) is 21.1 Å². The molecule has 0 fully saturated rings. The van der Waals surface area contributed by atoms with Crippen molar-refractivity contribution >= 4 is 48.9 Å². The number of thiophene rings is 1. The van der Waals surface area contributed by atoms with E-state index >= 15 is 0 Å². The maximum atomic E-state index is 11.9. The van der Waals surface area contributed by atoms with E-state index in [0.29, 0.717) is 3.79 Å². The highest BCUT2D eigenvalue weighted by Gasteiger charge is 2.26. The normalized spacial score (nSPS) is 12.9. The Labute approximate surface area is 126 Å². The highest BCUT2D eigenvalue weighted by Crippen LogP contribution is 2.34. The molecule has 0 saturated heterocycles. The van der Waals surface area contributed by atoms with Crippen molar-refractivity contribution in [1.29, 1.82) is 0 Å². The Hall–Kier alpha value is 0.170. The van der Waals surface area contributed by atoms with Gasteiger partial charge in [0.25, 0.3) is 0 Å². The first-order valence-corrected chi connectivity index (χ1v) is 8.60. The number of hydrogen-bond acceptors (Lipinski definition) is 3. The molecule has 110 valence electrons. The molecule has 1 aromatic rings. The molecule has 0 aliphatic rings. The van der Waals surface area contributed by atoms with Crippen molar-refractivity contribution < 1.29 is 21.6 Å². The molecular weight excluding hydrogens is 391 g/mol. The summed E-state index contributed by atoms with van der Waals surface area (Å²) < 4.78 is 61.9. The molecule has 1 heterocycles. The molecule has 0 radical (unpaired) electrons. The zero-order chi connectivity index (χ0) is 14.7. The Kier molecular flexibility index (Phi) is 6.12. The van der Waals surface area contributed by atoms with Crippen LogP contribution in [-0.2, 0) is 10.0 Å². The SMILES string of the molecule is O=S(=O)(NCCCCC(F)(F)F)c1cc(Cl)c(Br)s1. The largest absolute Gasteiger partial charge is 0.389 e. The Bertz CT molecular complexity index is 511. The fourth-order valence-corrected chi connectivity index (χ4v) is 4.70. The van der Waals surface area contributed by atoms with Crippen molar-refractivity contribution in [1.82, 2.24) is 4.72 Å². The summed E-state index contributed by atoms with van der Waals surface area (Å²) in [4.78, 5) is 0. The maximum absolute atomic E-state index is 11.9. The molecule has 0 atom stereocenters. The molecule has 19 heavy (non-hydrogen) atoms. The van der Waals surface area contributed by atoms with Gasteiger partial charge >= 0.3 is 6.18 Å². The van der Waals surface area contributed by atoms with Crippen molar-refractivity contribution in [3.05, 3.63) is 14.9 Å². The summed E-state index contributed by atoms with van der Waals surface area (Å²) in [5, 5.41) is 0.280. The van der Waals surface area contributed by atoms with Crippen molar-refractivity contribution in [2.24, 2.45) is 0 Å². The van der Waals surface area contributed by atoms with Crippen LogP contribution in [0.3, 0.4) is 0 Å². The molecule has 0 amide bonds. The molecular formula is C9H10BrClF3NO2S2. The van der Waals surface area contributed by atoms with Gasteiger partial charge in [0.1, 0.15) is 4.21 Å². The fraction of sp³-hybridized carbons (Fsp3) is 0.556. The Morgan fingerprint density at radius 2 is 2.00 bits per heavy atom. The van der Waals surface area contributed by atoms with Gasteiger partial charge in [-0.3, -0.25) is 0 Å². The van der Waals surface area contributed by atoms with Gasteiger partial charge in [-0.25, -0.2) is 13.1 Å². The number of alkyl halides is 3. The van der Waals surface area contributed by atoms with Crippen LogP contribution in [0.15, 0.2) is 14.1 Å². The van der Waals surface area contributed by atoms with E-state index in [2.05, 4.69) is 20.7 Å². The third kappa shape index (κ3) is 5.99. The molecule has 0 bridgehead atoms. The van der Waals surface area contributed by atoms with Gasteiger partial charge in [-0.1, -0.05) is 11.6 Å². The summed E-state index contributed by atoms with van der Waals surface area (Å²) in [7, 11) is -3.71. The standard InChI is InChI=1S/C9H10BrClF3NO2S2/c10-8-6(11)5-7(18-8)19(16,17)15-4-2-1-3-9(12,13)14/h5,15H,1-4H2. The van der Waals surface area contributed by atoms with E-state index in [1.807, 2.05) is 0 Å². The number of unbranched alkanes of at least 4 members (excludes halogenated alkanes) is 1. The van der Waals surface area contributed by atoms with Crippen LogP contribution in [0, 0.1) is 0 Å². The molecule has 0 spiro atoms. The summed E-state index contributed by atoms with van der Waals surface area (Å²) >= 11 is 9.75. The van der Waals surface area contributed by atoms with Gasteiger partial charge in [0, 0.05) is 13.0 Å². The van der Waals surface area contributed by atoms with Gasteiger partial charge in [0.15, 0.2) is 0 Å². The van der Waals surface area contributed by atoms with E-state index in [1.165, 1.54) is 6.07 Å². The predicted octanol–water partition coefficient (Wildman–Crippen LogP) is 4.17. The topological polar surface area (TPSA) is 46.2 Å². The van der Waals surface area contributed by atoms with E-state index in [1.54, 1.807) is 0 Å². The van der Waals surface area contributed by atoms with Gasteiger partial charge in [0.05, 0.1) is 8.81 Å². The molecule has 3 nitrogen and oxygen atoms in total. The summed E-state index contributed by atoms with van der Waals surface area (Å²) in [5.41, 5.74) is 0. The first-order chi connectivity index (χ1) is 8.62. The lowest BCUT2D eigenvalue weighted by Gasteiger charge is -2.06. The fourth-order valence-electron chi connectivity index (χ4n) is 1.19. The van der Waals surface area contributed by atoms with Gasteiger partial charge < -0.3 is 0 Å². The van der Waals surface area contributed by atoms with Crippen LogP contribution in [0.5, 0.6) is 0 Å². The minimum atomic E-state index is -4.20. The average Bonchev–Trinajstić information content (AvgIpc) is 2.58. The van der Waals surface area contributed by atoms with Crippen molar-refractivity contribution in [2.75, 3.05) is 6.54 Å². The Balaban J connectivity index is 2.44. The molecule has 10 heteroatoms. The second-order valence-electron chi connectivity index (χ2n) is 3.66. The van der Waals surface area contributed by atoms with Crippen LogP contribution in [0.25, 0.3) is 0 Å². The van der Waals surface area contributed by atoms with Gasteiger partial charge in [-0.05, 0) is 34.8 Å². The van der Waals surface area contributed by atoms with Crippen molar-refractivity contribution in [3.63, 3.8) is 0 Å². The van der Waals surface area contributed by atoms with Crippen LogP contribution >= 0.6 is 38.9 Å². The highest BCUT2D eigenvalue weighted by atomic mass is 79.9. The molecule has 0 aliphatic carbocycles. The minimum Gasteiger partial charge on any atom is -0.210 e. The lowest BCUT2D eigenvalue weighted by molar-refractivity contribution is -0.135. The highest BCUT2D eigenvalue weighted by molar-refractivity contribution is 9.11. The molecule has 0 saturated carbocycles. The van der Waals surface area contributed by atoms with Crippen molar-refractivity contribution in [2.45, 2.75) is 29.6 Å². The number of halogens is 5. The Morgan fingerprint density at radius 3 is 2.47 bits per heavy atom. The monoisotopic (exact) mass is 399 g/mol. The molecule has 1 rings (SSSR count). The maximum Gasteiger partial charge on any atom is 0.389 e. The van der Waals surface area contributed by atoms with E-state index in [0.717, 1.165) is 11.3 Å². The van der Waals surface area contributed by atoms with Gasteiger partial charge in [-0.2, -0.15) is 13.2 Å². The minimum absolute atomic E-state index is 0.0280. The van der Waals surface area contributed by atoms with Crippen molar-refractivity contribution in [3.8, 4) is 0 Å².